The standard InChI is InChI=1S/C9H16O2/c1-6-4-5-7(10)9(2,3)8(6)11/h6-7,10H,4-5H2,1-3H3/t6-,7?/m1/s1. The zero-order valence-electron chi connectivity index (χ0n) is 7.42. The highest BCUT2D eigenvalue weighted by Gasteiger charge is 2.41. The summed E-state index contributed by atoms with van der Waals surface area (Å²) in [6.45, 7) is 5.60. The lowest BCUT2D eigenvalue weighted by Gasteiger charge is -2.36. The Bertz CT molecular complexity index is 172. The molecule has 11 heavy (non-hydrogen) atoms. The van der Waals surface area contributed by atoms with Crippen LogP contribution in [0.5, 0.6) is 0 Å². The first kappa shape index (κ1) is 8.72. The van der Waals surface area contributed by atoms with E-state index in [9.17, 15) is 9.90 Å². The average molecular weight is 156 g/mol. The van der Waals surface area contributed by atoms with Crippen LogP contribution in [0.2, 0.25) is 0 Å². The molecule has 1 fully saturated rings. The summed E-state index contributed by atoms with van der Waals surface area (Å²) in [5.41, 5.74) is -0.516. The maximum Gasteiger partial charge on any atom is 0.143 e. The molecule has 1 aliphatic carbocycles. The van der Waals surface area contributed by atoms with Crippen molar-refractivity contribution in [2.75, 3.05) is 0 Å². The predicted molar refractivity (Wildman–Crippen MR) is 43.2 cm³/mol. The Labute approximate surface area is 67.6 Å². The molecule has 1 aliphatic rings. The van der Waals surface area contributed by atoms with Crippen molar-refractivity contribution >= 4 is 5.78 Å². The van der Waals surface area contributed by atoms with Crippen LogP contribution in [0, 0.1) is 11.3 Å². The molecule has 2 nitrogen and oxygen atoms in total. The number of carbonyl (C=O) groups excluding carboxylic acids is 1. The molecule has 0 aliphatic heterocycles. The van der Waals surface area contributed by atoms with Crippen LogP contribution >= 0.6 is 0 Å². The molecule has 0 aromatic carbocycles. The van der Waals surface area contributed by atoms with E-state index in [1.54, 1.807) is 0 Å². The monoisotopic (exact) mass is 156 g/mol. The predicted octanol–water partition coefficient (Wildman–Crippen LogP) is 1.37. The lowest BCUT2D eigenvalue weighted by molar-refractivity contribution is -0.141. The van der Waals surface area contributed by atoms with Gasteiger partial charge in [-0.2, -0.15) is 0 Å². The third-order valence-corrected chi connectivity index (χ3v) is 2.79. The molecule has 1 unspecified atom stereocenters. The summed E-state index contributed by atoms with van der Waals surface area (Å²) < 4.78 is 0. The molecule has 2 heteroatoms. The smallest absolute Gasteiger partial charge is 0.143 e. The van der Waals surface area contributed by atoms with E-state index in [0.717, 1.165) is 12.8 Å². The Morgan fingerprint density at radius 2 is 2.00 bits per heavy atom. The van der Waals surface area contributed by atoms with Gasteiger partial charge in [0.1, 0.15) is 5.78 Å². The van der Waals surface area contributed by atoms with Gasteiger partial charge in [-0.3, -0.25) is 4.79 Å². The Morgan fingerprint density at radius 1 is 1.45 bits per heavy atom. The SMILES string of the molecule is C[C@@H]1CCC(O)C(C)(C)C1=O. The first-order chi connectivity index (χ1) is 4.96. The van der Waals surface area contributed by atoms with E-state index in [2.05, 4.69) is 0 Å². The molecule has 0 saturated heterocycles. The number of ketones is 1. The third kappa shape index (κ3) is 1.32. The van der Waals surface area contributed by atoms with E-state index in [0.29, 0.717) is 0 Å². The second kappa shape index (κ2) is 2.59. The Morgan fingerprint density at radius 3 is 2.45 bits per heavy atom. The topological polar surface area (TPSA) is 37.3 Å². The van der Waals surface area contributed by atoms with Gasteiger partial charge in [0.2, 0.25) is 0 Å². The van der Waals surface area contributed by atoms with Crippen LogP contribution in [-0.4, -0.2) is 17.0 Å². The third-order valence-electron chi connectivity index (χ3n) is 2.79. The molecule has 0 radical (unpaired) electrons. The van der Waals surface area contributed by atoms with Crippen molar-refractivity contribution in [3.8, 4) is 0 Å². The minimum Gasteiger partial charge on any atom is -0.392 e. The van der Waals surface area contributed by atoms with Gasteiger partial charge in [-0.15, -0.1) is 0 Å². The fraction of sp³-hybridized carbons (Fsp3) is 0.889. The van der Waals surface area contributed by atoms with E-state index < -0.39 is 11.5 Å². The summed E-state index contributed by atoms with van der Waals surface area (Å²) in [7, 11) is 0. The molecule has 0 aromatic heterocycles. The Balaban J connectivity index is 2.81. The number of aliphatic hydroxyl groups excluding tert-OH is 1. The number of rotatable bonds is 0. The molecular weight excluding hydrogens is 140 g/mol. The number of aliphatic hydroxyl groups is 1. The quantitative estimate of drug-likeness (QED) is 0.575. The van der Waals surface area contributed by atoms with Crippen LogP contribution in [0.3, 0.4) is 0 Å². The highest BCUT2D eigenvalue weighted by atomic mass is 16.3. The fourth-order valence-corrected chi connectivity index (χ4v) is 1.70. The van der Waals surface area contributed by atoms with Crippen LogP contribution in [0.1, 0.15) is 33.6 Å². The highest BCUT2D eigenvalue weighted by molar-refractivity contribution is 5.87. The summed E-state index contributed by atoms with van der Waals surface area (Å²) >= 11 is 0. The number of carbonyl (C=O) groups is 1. The zero-order valence-corrected chi connectivity index (χ0v) is 7.42. The molecule has 0 spiro atoms. The summed E-state index contributed by atoms with van der Waals surface area (Å²) in [4.78, 5) is 11.5. The van der Waals surface area contributed by atoms with Gasteiger partial charge in [-0.05, 0) is 12.8 Å². The van der Waals surface area contributed by atoms with E-state index in [4.69, 9.17) is 0 Å². The first-order valence-corrected chi connectivity index (χ1v) is 4.18. The van der Waals surface area contributed by atoms with Gasteiger partial charge in [0.25, 0.3) is 0 Å². The second-order valence-electron chi connectivity index (χ2n) is 4.08. The van der Waals surface area contributed by atoms with Crippen LogP contribution < -0.4 is 0 Å². The van der Waals surface area contributed by atoms with Gasteiger partial charge >= 0.3 is 0 Å². The molecule has 0 heterocycles. The zero-order chi connectivity index (χ0) is 8.65. The molecule has 64 valence electrons. The van der Waals surface area contributed by atoms with Crippen molar-refractivity contribution in [1.82, 2.24) is 0 Å². The van der Waals surface area contributed by atoms with E-state index in [1.807, 2.05) is 20.8 Å². The van der Waals surface area contributed by atoms with Gasteiger partial charge in [0.05, 0.1) is 6.10 Å². The maximum atomic E-state index is 11.5. The minimum atomic E-state index is -0.516. The van der Waals surface area contributed by atoms with Crippen LogP contribution in [0.25, 0.3) is 0 Å². The van der Waals surface area contributed by atoms with E-state index in [-0.39, 0.29) is 11.7 Å². The highest BCUT2D eigenvalue weighted by Crippen LogP contribution is 2.35. The van der Waals surface area contributed by atoms with Crippen molar-refractivity contribution in [3.63, 3.8) is 0 Å². The average Bonchev–Trinajstić information content (AvgIpc) is 1.95. The number of hydrogen-bond donors (Lipinski definition) is 1. The van der Waals surface area contributed by atoms with Crippen molar-refractivity contribution in [2.24, 2.45) is 11.3 Å². The van der Waals surface area contributed by atoms with Crippen LogP contribution in [0.4, 0.5) is 0 Å². The molecular formula is C9H16O2. The fourth-order valence-electron chi connectivity index (χ4n) is 1.70. The van der Waals surface area contributed by atoms with Crippen molar-refractivity contribution in [3.05, 3.63) is 0 Å². The normalized spacial score (nSPS) is 37.3. The van der Waals surface area contributed by atoms with Gasteiger partial charge in [0, 0.05) is 11.3 Å². The molecule has 1 N–H and O–H groups in total. The van der Waals surface area contributed by atoms with E-state index >= 15 is 0 Å². The molecule has 0 aromatic rings. The number of hydrogen-bond acceptors (Lipinski definition) is 2. The second-order valence-corrected chi connectivity index (χ2v) is 4.08. The van der Waals surface area contributed by atoms with Crippen LogP contribution in [0.15, 0.2) is 0 Å². The molecule has 0 bridgehead atoms. The Kier molecular flexibility index (Phi) is 2.06. The summed E-state index contributed by atoms with van der Waals surface area (Å²) in [5, 5.41) is 9.50. The van der Waals surface area contributed by atoms with Crippen molar-refractivity contribution < 1.29 is 9.90 Å². The number of Topliss-reactive ketones (excluding diaryl/α,β-unsaturated/α-hetero) is 1. The maximum absolute atomic E-state index is 11.5. The minimum absolute atomic E-state index is 0.133. The van der Waals surface area contributed by atoms with Gasteiger partial charge in [-0.1, -0.05) is 20.8 Å². The van der Waals surface area contributed by atoms with Crippen molar-refractivity contribution in [1.29, 1.82) is 0 Å². The Hall–Kier alpha value is -0.370. The van der Waals surface area contributed by atoms with Crippen LogP contribution in [-0.2, 0) is 4.79 Å². The lowest BCUT2D eigenvalue weighted by Crippen LogP contribution is -2.44. The molecule has 0 amide bonds. The van der Waals surface area contributed by atoms with E-state index in [1.165, 1.54) is 0 Å². The largest absolute Gasteiger partial charge is 0.392 e. The van der Waals surface area contributed by atoms with Gasteiger partial charge in [0.15, 0.2) is 0 Å². The van der Waals surface area contributed by atoms with Gasteiger partial charge < -0.3 is 5.11 Å². The first-order valence-electron chi connectivity index (χ1n) is 4.18. The molecule has 2 atom stereocenters. The van der Waals surface area contributed by atoms with Gasteiger partial charge in [-0.25, -0.2) is 0 Å². The molecule has 1 saturated carbocycles. The summed E-state index contributed by atoms with van der Waals surface area (Å²) in [5.74, 6) is 0.338. The summed E-state index contributed by atoms with van der Waals surface area (Å²) in [6, 6.07) is 0. The van der Waals surface area contributed by atoms with Crippen molar-refractivity contribution in [2.45, 2.75) is 39.7 Å². The lowest BCUT2D eigenvalue weighted by atomic mass is 9.70. The molecule has 1 rings (SSSR count). The summed E-state index contributed by atoms with van der Waals surface area (Å²) in [6.07, 6.45) is 1.16.